The molecule has 1 unspecified atom stereocenters. The van der Waals surface area contributed by atoms with Gasteiger partial charge in [0.2, 0.25) is 5.95 Å². The molecule has 5 rings (SSSR count). The van der Waals surface area contributed by atoms with Gasteiger partial charge in [0.25, 0.3) is 11.5 Å². The number of pyridine rings is 1. The number of ether oxygens (including phenoxy) is 1. The first-order valence-corrected chi connectivity index (χ1v) is 14.6. The van der Waals surface area contributed by atoms with Gasteiger partial charge in [0.1, 0.15) is 5.82 Å². The molecule has 4 heterocycles. The first kappa shape index (κ1) is 31.4. The fourth-order valence-corrected chi connectivity index (χ4v) is 5.77. The largest absolute Gasteiger partial charge is 0.417 e. The van der Waals surface area contributed by atoms with Crippen LogP contribution in [0.1, 0.15) is 36.2 Å². The van der Waals surface area contributed by atoms with Gasteiger partial charge in [-0.05, 0) is 31.6 Å². The number of hydrogen-bond donors (Lipinski definition) is 1. The minimum Gasteiger partial charge on any atom is -0.378 e. The van der Waals surface area contributed by atoms with Gasteiger partial charge in [-0.15, -0.1) is 0 Å². The predicted molar refractivity (Wildman–Crippen MR) is 159 cm³/mol. The summed E-state index contributed by atoms with van der Waals surface area (Å²) in [5, 5.41) is 2.60. The molecule has 1 aromatic carbocycles. The number of aromatic nitrogens is 3. The number of nitrogens with zero attached hydrogens (tertiary/aromatic N) is 6. The summed E-state index contributed by atoms with van der Waals surface area (Å²) in [4.78, 5) is 40.4. The zero-order chi connectivity index (χ0) is 31.6. The number of likely N-dealkylation sites (N-methyl/N-ethyl adjacent to an activating group) is 1. The van der Waals surface area contributed by atoms with Gasteiger partial charge >= 0.3 is 6.18 Å². The molecule has 2 aliphatic heterocycles. The Morgan fingerprint density at radius 3 is 2.39 bits per heavy atom. The lowest BCUT2D eigenvalue weighted by atomic mass is 10.0. The Morgan fingerprint density at radius 2 is 1.75 bits per heavy atom. The molecule has 1 atom stereocenters. The van der Waals surface area contributed by atoms with Crippen molar-refractivity contribution in [1.29, 1.82) is 0 Å². The van der Waals surface area contributed by atoms with E-state index < -0.39 is 34.6 Å². The van der Waals surface area contributed by atoms with Crippen LogP contribution < -0.4 is 20.7 Å². The van der Waals surface area contributed by atoms with Gasteiger partial charge in [-0.25, -0.2) is 14.4 Å². The molecule has 3 aromatic rings. The number of carbonyl (C=O) groups excluding carboxylic acids is 1. The fraction of sp³-hybridized carbons (Fsp3) is 0.467. The highest BCUT2D eigenvalue weighted by Gasteiger charge is 2.37. The van der Waals surface area contributed by atoms with E-state index in [0.717, 1.165) is 30.3 Å². The normalized spacial score (nSPS) is 17.4. The molecule has 0 bridgehead atoms. The number of rotatable bonds is 8. The van der Waals surface area contributed by atoms with Gasteiger partial charge < -0.3 is 24.4 Å². The number of hydrogen-bond acceptors (Lipinski definition) is 8. The molecule has 236 valence electrons. The van der Waals surface area contributed by atoms with Crippen LogP contribution in [0, 0.1) is 5.82 Å². The number of benzene rings is 1. The van der Waals surface area contributed by atoms with Gasteiger partial charge in [-0.2, -0.15) is 13.2 Å². The maximum atomic E-state index is 15.8. The van der Waals surface area contributed by atoms with E-state index >= 15 is 4.39 Å². The molecular weight excluding hydrogens is 582 g/mol. The molecule has 0 saturated carbocycles. The quantitative estimate of drug-likeness (QED) is 0.379. The monoisotopic (exact) mass is 617 g/mol. The number of anilines is 3. The standard InChI is InChI=1S/C30H35F4N7O3/c1-4-39(5-2)20-6-7-41(17-20)26-14-24(31)21(19-15-35-29(36-16-19)40-8-10-44-11-9-40)12-25(26)37-28(43)22-18-38(3)27(42)13-23(22)30(32,33)34/h12-16,18,20H,4-11,17H2,1-3H3,(H,37,43). The van der Waals surface area contributed by atoms with Crippen LogP contribution in [0.4, 0.5) is 34.9 Å². The van der Waals surface area contributed by atoms with Crippen molar-refractivity contribution in [3.63, 3.8) is 0 Å². The summed E-state index contributed by atoms with van der Waals surface area (Å²) in [6, 6.07) is 3.28. The van der Waals surface area contributed by atoms with Crippen LogP contribution in [0.3, 0.4) is 0 Å². The molecule has 0 aliphatic carbocycles. The molecule has 10 nitrogen and oxygen atoms in total. The molecule has 2 fully saturated rings. The van der Waals surface area contributed by atoms with Crippen molar-refractivity contribution in [2.75, 3.05) is 67.6 Å². The van der Waals surface area contributed by atoms with Gasteiger partial charge in [0, 0.05) is 75.1 Å². The Bertz CT molecular complexity index is 1550. The van der Waals surface area contributed by atoms with E-state index in [-0.39, 0.29) is 17.3 Å². The lowest BCUT2D eigenvalue weighted by molar-refractivity contribution is -0.138. The number of halogens is 4. The van der Waals surface area contributed by atoms with E-state index in [1.54, 1.807) is 0 Å². The summed E-state index contributed by atoms with van der Waals surface area (Å²) in [7, 11) is 1.26. The summed E-state index contributed by atoms with van der Waals surface area (Å²) in [5.74, 6) is -1.20. The fourth-order valence-electron chi connectivity index (χ4n) is 5.77. The van der Waals surface area contributed by atoms with E-state index in [2.05, 4.69) is 34.0 Å². The molecule has 2 aliphatic rings. The van der Waals surface area contributed by atoms with E-state index in [0.29, 0.717) is 62.7 Å². The third-order valence-electron chi connectivity index (χ3n) is 8.19. The highest BCUT2D eigenvalue weighted by atomic mass is 19.4. The third-order valence-corrected chi connectivity index (χ3v) is 8.19. The zero-order valence-corrected chi connectivity index (χ0v) is 24.8. The van der Waals surface area contributed by atoms with Crippen molar-refractivity contribution in [3.05, 3.63) is 64.1 Å². The second kappa shape index (κ2) is 12.9. The third kappa shape index (κ3) is 6.55. The van der Waals surface area contributed by atoms with Gasteiger partial charge in [-0.3, -0.25) is 14.5 Å². The summed E-state index contributed by atoms with van der Waals surface area (Å²) >= 11 is 0. The predicted octanol–water partition coefficient (Wildman–Crippen LogP) is 4.01. The number of carbonyl (C=O) groups is 1. The highest BCUT2D eigenvalue weighted by molar-refractivity contribution is 6.07. The van der Waals surface area contributed by atoms with Crippen molar-refractivity contribution in [2.45, 2.75) is 32.5 Å². The SMILES string of the molecule is CCN(CC)C1CCN(c2cc(F)c(-c3cnc(N4CCOCC4)nc3)cc2NC(=O)c2cn(C)c(=O)cc2C(F)(F)F)C1. The summed E-state index contributed by atoms with van der Waals surface area (Å²) in [6.45, 7) is 9.22. The van der Waals surface area contributed by atoms with E-state index in [1.807, 2.05) is 9.80 Å². The van der Waals surface area contributed by atoms with Crippen LogP contribution in [-0.4, -0.2) is 83.9 Å². The number of aryl methyl sites for hydroxylation is 1. The average Bonchev–Trinajstić information content (AvgIpc) is 3.49. The summed E-state index contributed by atoms with van der Waals surface area (Å²) in [5.41, 5.74) is -2.09. The van der Waals surface area contributed by atoms with Crippen LogP contribution in [0.15, 0.2) is 41.6 Å². The molecule has 2 aromatic heterocycles. The molecule has 44 heavy (non-hydrogen) atoms. The maximum absolute atomic E-state index is 15.8. The zero-order valence-electron chi connectivity index (χ0n) is 24.8. The van der Waals surface area contributed by atoms with E-state index in [1.165, 1.54) is 31.6 Å². The number of morpholine rings is 1. The topological polar surface area (TPSA) is 95.8 Å². The number of nitrogens with one attached hydrogen (secondary N) is 1. The molecule has 0 spiro atoms. The number of alkyl halides is 3. The van der Waals surface area contributed by atoms with E-state index in [4.69, 9.17) is 4.74 Å². The molecule has 14 heteroatoms. The smallest absolute Gasteiger partial charge is 0.378 e. The Morgan fingerprint density at radius 1 is 1.07 bits per heavy atom. The van der Waals surface area contributed by atoms with Crippen LogP contribution in [0.25, 0.3) is 11.1 Å². The highest BCUT2D eigenvalue weighted by Crippen LogP contribution is 2.37. The Balaban J connectivity index is 1.53. The minimum atomic E-state index is -4.94. The van der Waals surface area contributed by atoms with E-state index in [9.17, 15) is 22.8 Å². The van der Waals surface area contributed by atoms with Crippen LogP contribution in [-0.2, 0) is 18.0 Å². The Kier molecular flexibility index (Phi) is 9.20. The second-order valence-corrected chi connectivity index (χ2v) is 10.8. The van der Waals surface area contributed by atoms with Crippen molar-refractivity contribution in [2.24, 2.45) is 7.05 Å². The Labute approximate surface area is 252 Å². The van der Waals surface area contributed by atoms with Crippen molar-refractivity contribution in [1.82, 2.24) is 19.4 Å². The van der Waals surface area contributed by atoms with Gasteiger partial charge in [0.05, 0.1) is 35.7 Å². The lowest BCUT2D eigenvalue weighted by Gasteiger charge is -2.28. The maximum Gasteiger partial charge on any atom is 0.417 e. The second-order valence-electron chi connectivity index (χ2n) is 10.8. The van der Waals surface area contributed by atoms with Gasteiger partial charge in [-0.1, -0.05) is 13.8 Å². The van der Waals surface area contributed by atoms with Crippen molar-refractivity contribution in [3.8, 4) is 11.1 Å². The molecule has 1 amide bonds. The van der Waals surface area contributed by atoms with Crippen LogP contribution in [0.5, 0.6) is 0 Å². The van der Waals surface area contributed by atoms with Crippen LogP contribution >= 0.6 is 0 Å². The minimum absolute atomic E-state index is 0.0774. The van der Waals surface area contributed by atoms with Crippen molar-refractivity contribution >= 4 is 23.2 Å². The molecule has 0 radical (unpaired) electrons. The summed E-state index contributed by atoms with van der Waals surface area (Å²) < 4.78 is 63.6. The number of amides is 1. The molecular formula is C30H35F4N7O3. The molecule has 2 saturated heterocycles. The lowest BCUT2D eigenvalue weighted by Crippen LogP contribution is -2.37. The Hall–Kier alpha value is -4.04. The van der Waals surface area contributed by atoms with Crippen LogP contribution in [0.2, 0.25) is 0 Å². The molecule has 1 N–H and O–H groups in total. The summed E-state index contributed by atoms with van der Waals surface area (Å²) in [6.07, 6.45) is -0.337. The first-order valence-electron chi connectivity index (χ1n) is 14.6. The average molecular weight is 618 g/mol. The van der Waals surface area contributed by atoms with Gasteiger partial charge in [0.15, 0.2) is 0 Å². The first-order chi connectivity index (χ1) is 21.0. The van der Waals surface area contributed by atoms with Crippen molar-refractivity contribution < 1.29 is 27.1 Å².